The van der Waals surface area contributed by atoms with Gasteiger partial charge in [-0.3, -0.25) is 4.79 Å². The molecule has 5 nitrogen and oxygen atoms in total. The highest BCUT2D eigenvalue weighted by Crippen LogP contribution is 2.12. The molecule has 1 unspecified atom stereocenters. The van der Waals surface area contributed by atoms with Gasteiger partial charge in [0.1, 0.15) is 0 Å². The van der Waals surface area contributed by atoms with E-state index in [1.807, 2.05) is 0 Å². The van der Waals surface area contributed by atoms with Crippen LogP contribution in [0.4, 0.5) is 0 Å². The van der Waals surface area contributed by atoms with Crippen molar-refractivity contribution in [3.8, 4) is 0 Å². The molecule has 0 aliphatic carbocycles. The van der Waals surface area contributed by atoms with Gasteiger partial charge in [-0.25, -0.2) is 0 Å². The second-order valence-corrected chi connectivity index (χ2v) is 5.85. The molecule has 1 atom stereocenters. The largest absolute Gasteiger partial charge is 0.549 e. The molecule has 5 heteroatoms. The Kier molecular flexibility index (Phi) is 14.3. The number of quaternary nitrogens is 1. The van der Waals surface area contributed by atoms with Crippen LogP contribution < -0.4 is 5.11 Å². The van der Waals surface area contributed by atoms with Crippen LogP contribution in [-0.2, 0) is 9.59 Å². The zero-order valence-electron chi connectivity index (χ0n) is 15.1. The fourth-order valence-electron chi connectivity index (χ4n) is 3.01. The summed E-state index contributed by atoms with van der Waals surface area (Å²) in [6.07, 6.45) is 5.40. The highest BCUT2D eigenvalue weighted by molar-refractivity contribution is 5.91. The molecule has 0 amide bonds. The van der Waals surface area contributed by atoms with E-state index in [-0.39, 0.29) is 6.42 Å². The molecule has 0 aliphatic heterocycles. The lowest BCUT2D eigenvalue weighted by Gasteiger charge is -2.38. The van der Waals surface area contributed by atoms with Gasteiger partial charge in [-0.2, -0.15) is 0 Å². The molecule has 0 radical (unpaired) electrons. The fourth-order valence-corrected chi connectivity index (χ4v) is 3.01. The quantitative estimate of drug-likeness (QED) is 0.468. The van der Waals surface area contributed by atoms with E-state index in [1.54, 1.807) is 0 Å². The molecule has 0 bridgehead atoms. The van der Waals surface area contributed by atoms with E-state index in [1.165, 1.54) is 63.3 Å². The predicted octanol–water partition coefficient (Wildman–Crippen LogP) is 2.29. The third kappa shape index (κ3) is 9.77. The Morgan fingerprint density at radius 3 is 1.27 bits per heavy atom. The lowest BCUT2D eigenvalue weighted by Crippen LogP contribution is -2.50. The Balaban J connectivity index is 0. The topological polar surface area (TPSA) is 77.4 Å². The number of nitrogens with zero attached hydrogens (tertiary/aromatic N) is 1. The molecule has 0 aliphatic rings. The lowest BCUT2D eigenvalue weighted by atomic mass is 10.1. The van der Waals surface area contributed by atoms with Crippen molar-refractivity contribution in [3.05, 3.63) is 0 Å². The minimum absolute atomic E-state index is 0.0671. The molecule has 22 heavy (non-hydrogen) atoms. The molecule has 0 heterocycles. The number of carbonyl (C=O) groups excluding carboxylic acids is 1. The highest BCUT2D eigenvalue weighted by atomic mass is 16.4. The van der Waals surface area contributed by atoms with Gasteiger partial charge in [0.15, 0.2) is 0 Å². The van der Waals surface area contributed by atoms with Crippen LogP contribution in [-0.4, -0.2) is 47.7 Å². The molecule has 0 aromatic heterocycles. The second kappa shape index (κ2) is 13.6. The zero-order chi connectivity index (χ0) is 17.6. The average Bonchev–Trinajstić information content (AvgIpc) is 2.40. The highest BCUT2D eigenvalue weighted by Gasteiger charge is 2.22. The van der Waals surface area contributed by atoms with Gasteiger partial charge in [-0.05, 0) is 32.1 Å². The first kappa shape index (κ1) is 23.2. The van der Waals surface area contributed by atoms with Crippen LogP contribution in [0.15, 0.2) is 0 Å². The van der Waals surface area contributed by atoms with Crippen LogP contribution in [0.5, 0.6) is 0 Å². The second-order valence-electron chi connectivity index (χ2n) is 5.85. The number of rotatable bonds is 11. The van der Waals surface area contributed by atoms with Gasteiger partial charge in [0, 0.05) is 0 Å². The summed E-state index contributed by atoms with van der Waals surface area (Å²) in [6.45, 7) is 16.3. The summed E-state index contributed by atoms with van der Waals surface area (Å²) in [6, 6.07) is 0. The van der Waals surface area contributed by atoms with Gasteiger partial charge in [-0.15, -0.1) is 0 Å². The van der Waals surface area contributed by atoms with Crippen molar-refractivity contribution in [2.75, 3.05) is 26.2 Å². The minimum Gasteiger partial charge on any atom is -0.549 e. The van der Waals surface area contributed by atoms with Gasteiger partial charge in [0.05, 0.1) is 38.1 Å². The van der Waals surface area contributed by atoms with Gasteiger partial charge < -0.3 is 19.5 Å². The smallest absolute Gasteiger partial charge is 0.312 e. The van der Waals surface area contributed by atoms with Crippen molar-refractivity contribution in [1.82, 2.24) is 0 Å². The summed E-state index contributed by atoms with van der Waals surface area (Å²) in [7, 11) is 0. The molecule has 0 saturated heterocycles. The van der Waals surface area contributed by atoms with E-state index in [4.69, 9.17) is 5.11 Å². The van der Waals surface area contributed by atoms with E-state index >= 15 is 0 Å². The molecule has 0 saturated carbocycles. The minimum atomic E-state index is -1.52. The Labute approximate surface area is 135 Å². The van der Waals surface area contributed by atoms with Gasteiger partial charge in [0.25, 0.3) is 0 Å². The monoisotopic (exact) mass is 317 g/mol. The Morgan fingerprint density at radius 2 is 1.18 bits per heavy atom. The molecular weight excluding hydrogens is 282 g/mol. The van der Waals surface area contributed by atoms with Crippen molar-refractivity contribution < 1.29 is 24.3 Å². The lowest BCUT2D eigenvalue weighted by molar-refractivity contribution is -0.928. The van der Waals surface area contributed by atoms with Crippen LogP contribution >= 0.6 is 0 Å². The van der Waals surface area contributed by atoms with E-state index in [0.717, 1.165) is 0 Å². The van der Waals surface area contributed by atoms with Crippen LogP contribution in [0.25, 0.3) is 0 Å². The van der Waals surface area contributed by atoms with Crippen molar-refractivity contribution in [2.24, 2.45) is 5.92 Å². The van der Waals surface area contributed by atoms with Crippen molar-refractivity contribution >= 4 is 11.9 Å². The molecule has 1 N–H and O–H groups in total. The third-order valence-electron chi connectivity index (χ3n) is 3.78. The molecule has 0 spiro atoms. The van der Waals surface area contributed by atoms with E-state index < -0.39 is 17.9 Å². The third-order valence-corrected chi connectivity index (χ3v) is 3.78. The normalized spacial score (nSPS) is 12.2. The van der Waals surface area contributed by atoms with Gasteiger partial charge in [0.2, 0.25) is 0 Å². The van der Waals surface area contributed by atoms with Crippen LogP contribution in [0, 0.1) is 5.92 Å². The SMILES string of the molecule is CCC(C(=O)[O-])C(=O)O.CCC[N+](CCC)(CCC)CCC. The zero-order valence-corrected chi connectivity index (χ0v) is 15.1. The van der Waals surface area contributed by atoms with E-state index in [2.05, 4.69) is 27.7 Å². The maximum atomic E-state index is 9.95. The molecule has 0 aromatic carbocycles. The fraction of sp³-hybridized carbons (Fsp3) is 0.882. The average molecular weight is 317 g/mol. The van der Waals surface area contributed by atoms with E-state index in [0.29, 0.717) is 0 Å². The first-order chi connectivity index (χ1) is 10.3. The number of hydrogen-bond donors (Lipinski definition) is 1. The van der Waals surface area contributed by atoms with Crippen molar-refractivity contribution in [2.45, 2.75) is 66.7 Å². The first-order valence-corrected chi connectivity index (χ1v) is 8.62. The van der Waals surface area contributed by atoms with Crippen LogP contribution in [0.1, 0.15) is 66.7 Å². The number of carboxylic acid groups (broad SMARTS) is 2. The summed E-state index contributed by atoms with van der Waals surface area (Å²) < 4.78 is 1.38. The van der Waals surface area contributed by atoms with Crippen LogP contribution in [0.2, 0.25) is 0 Å². The molecule has 0 fully saturated rings. The summed E-state index contributed by atoms with van der Waals surface area (Å²) in [5.41, 5.74) is 0. The number of carboxylic acids is 2. The summed E-state index contributed by atoms with van der Waals surface area (Å²) in [5, 5.41) is 18.0. The van der Waals surface area contributed by atoms with Gasteiger partial charge in [-0.1, -0.05) is 34.6 Å². The predicted molar refractivity (Wildman–Crippen MR) is 87.3 cm³/mol. The van der Waals surface area contributed by atoms with Crippen molar-refractivity contribution in [1.29, 1.82) is 0 Å². The number of carbonyl (C=O) groups is 2. The van der Waals surface area contributed by atoms with Crippen LogP contribution in [0.3, 0.4) is 0 Å². The summed E-state index contributed by atoms with van der Waals surface area (Å²) >= 11 is 0. The first-order valence-electron chi connectivity index (χ1n) is 8.62. The maximum Gasteiger partial charge on any atom is 0.312 e. The summed E-state index contributed by atoms with van der Waals surface area (Å²) in [5.74, 6) is -4.22. The number of hydrogen-bond acceptors (Lipinski definition) is 3. The molecular formula is C17H35NO4. The molecule has 132 valence electrons. The molecule has 0 rings (SSSR count). The maximum absolute atomic E-state index is 9.95. The van der Waals surface area contributed by atoms with Gasteiger partial charge >= 0.3 is 5.97 Å². The Bertz CT molecular complexity index is 262. The van der Waals surface area contributed by atoms with E-state index in [9.17, 15) is 14.7 Å². The number of aliphatic carboxylic acids is 2. The Hall–Kier alpha value is -1.10. The standard InChI is InChI=1S/C12H28N.C5H8O4/c1-5-9-13(10-6-2,11-7-3)12-8-4;1-2-3(4(6)7)5(8)9/h5-12H2,1-4H3;3H,2H2,1H3,(H,6,7)(H,8,9)/q+1;/p-1. The van der Waals surface area contributed by atoms with Crippen molar-refractivity contribution in [3.63, 3.8) is 0 Å². The molecule has 0 aromatic rings. The Morgan fingerprint density at radius 1 is 0.864 bits per heavy atom. The summed E-state index contributed by atoms with van der Waals surface area (Å²) in [4.78, 5) is 19.8.